The number of rotatable bonds is 3. The van der Waals surface area contributed by atoms with Gasteiger partial charge in [-0.15, -0.1) is 0 Å². The van der Waals surface area contributed by atoms with E-state index in [1.165, 1.54) is 0 Å². The van der Waals surface area contributed by atoms with Gasteiger partial charge in [0.25, 0.3) is 0 Å². The molecule has 1 aliphatic carbocycles. The third-order valence-electron chi connectivity index (χ3n) is 4.89. The second-order valence-corrected chi connectivity index (χ2v) is 9.47. The second-order valence-electron chi connectivity index (χ2n) is 7.77. The van der Waals surface area contributed by atoms with E-state index in [0.717, 1.165) is 37.4 Å². The van der Waals surface area contributed by atoms with Gasteiger partial charge in [-0.1, -0.05) is 0 Å². The van der Waals surface area contributed by atoms with Crippen LogP contribution in [-0.2, 0) is 20.3 Å². The van der Waals surface area contributed by atoms with Crippen molar-refractivity contribution < 1.29 is 18.5 Å². The highest BCUT2D eigenvalue weighted by molar-refractivity contribution is 7.85. The van der Waals surface area contributed by atoms with Gasteiger partial charge in [-0.3, -0.25) is 4.21 Å². The average molecular weight is 344 g/mol. The quantitative estimate of drug-likeness (QED) is 0.804. The molecule has 3 fully saturated rings. The lowest BCUT2D eigenvalue weighted by molar-refractivity contribution is -0.0380. The number of ether oxygens (including phenoxy) is 2. The fraction of sp³-hybridized carbons (Fsp3) is 0.938. The van der Waals surface area contributed by atoms with Crippen molar-refractivity contribution in [3.63, 3.8) is 0 Å². The summed E-state index contributed by atoms with van der Waals surface area (Å²) in [5.41, 5.74) is -0.490. The summed E-state index contributed by atoms with van der Waals surface area (Å²) in [6.45, 7) is 6.36. The Morgan fingerprint density at radius 3 is 2.52 bits per heavy atom. The van der Waals surface area contributed by atoms with E-state index in [1.54, 1.807) is 0 Å². The van der Waals surface area contributed by atoms with Crippen LogP contribution < -0.4 is 10.6 Å². The summed E-state index contributed by atoms with van der Waals surface area (Å²) in [4.78, 5) is 12.1. The van der Waals surface area contributed by atoms with Gasteiger partial charge in [0.2, 0.25) is 0 Å². The Morgan fingerprint density at radius 1 is 1.17 bits per heavy atom. The molecular weight excluding hydrogens is 316 g/mol. The largest absolute Gasteiger partial charge is 0.444 e. The van der Waals surface area contributed by atoms with Crippen molar-refractivity contribution in [3.05, 3.63) is 0 Å². The van der Waals surface area contributed by atoms with Crippen molar-refractivity contribution in [1.82, 2.24) is 10.6 Å². The molecule has 1 saturated carbocycles. The molecule has 0 aromatic heterocycles. The second kappa shape index (κ2) is 6.69. The molecule has 2 aliphatic heterocycles. The molecule has 2 N–H and O–H groups in total. The minimum absolute atomic E-state index is 0.0600. The molecule has 23 heavy (non-hydrogen) atoms. The predicted octanol–water partition coefficient (Wildman–Crippen LogP) is 1.17. The summed E-state index contributed by atoms with van der Waals surface area (Å²) >= 11 is 0. The van der Waals surface area contributed by atoms with Gasteiger partial charge in [-0.25, -0.2) is 4.79 Å². The zero-order valence-electron chi connectivity index (χ0n) is 14.2. The molecule has 4 unspecified atom stereocenters. The third-order valence-corrected chi connectivity index (χ3v) is 6.27. The summed E-state index contributed by atoms with van der Waals surface area (Å²) < 4.78 is 22.7. The van der Waals surface area contributed by atoms with E-state index in [4.69, 9.17) is 9.47 Å². The topological polar surface area (TPSA) is 76.7 Å². The van der Waals surface area contributed by atoms with Crippen molar-refractivity contribution in [2.24, 2.45) is 5.92 Å². The van der Waals surface area contributed by atoms with Gasteiger partial charge in [-0.05, 0) is 40.0 Å². The van der Waals surface area contributed by atoms with Gasteiger partial charge < -0.3 is 20.1 Å². The van der Waals surface area contributed by atoms with E-state index in [0.29, 0.717) is 12.0 Å². The number of carbonyl (C=O) groups excluding carboxylic acids is 1. The van der Waals surface area contributed by atoms with Crippen molar-refractivity contribution in [3.8, 4) is 0 Å². The van der Waals surface area contributed by atoms with Gasteiger partial charge in [0.1, 0.15) is 5.60 Å². The molecule has 132 valence electrons. The van der Waals surface area contributed by atoms with Crippen LogP contribution in [0.1, 0.15) is 40.0 Å². The smallest absolute Gasteiger partial charge is 0.407 e. The number of amides is 1. The monoisotopic (exact) mass is 344 g/mol. The molecule has 2 heterocycles. The van der Waals surface area contributed by atoms with Gasteiger partial charge in [0.15, 0.2) is 0 Å². The summed E-state index contributed by atoms with van der Waals surface area (Å²) in [5, 5.41) is 6.66. The molecule has 0 spiro atoms. The highest BCUT2D eigenvalue weighted by Gasteiger charge is 2.55. The lowest BCUT2D eigenvalue weighted by Crippen LogP contribution is -2.71. The third kappa shape index (κ3) is 4.06. The lowest BCUT2D eigenvalue weighted by Gasteiger charge is -2.49. The van der Waals surface area contributed by atoms with Crippen molar-refractivity contribution in [2.75, 3.05) is 18.1 Å². The normalized spacial score (nSPS) is 40.1. The molecule has 2 saturated heterocycles. The van der Waals surface area contributed by atoms with E-state index < -0.39 is 16.4 Å². The van der Waals surface area contributed by atoms with Crippen molar-refractivity contribution in [2.45, 2.75) is 69.9 Å². The maximum Gasteiger partial charge on any atom is 0.407 e. The highest BCUT2D eigenvalue weighted by Crippen LogP contribution is 2.39. The fourth-order valence-corrected chi connectivity index (χ4v) is 5.08. The molecule has 4 atom stereocenters. The number of alkyl carbamates (subject to hydrolysis) is 1. The van der Waals surface area contributed by atoms with Gasteiger partial charge in [0, 0.05) is 40.9 Å². The minimum Gasteiger partial charge on any atom is -0.444 e. The van der Waals surface area contributed by atoms with Crippen LogP contribution in [0.15, 0.2) is 0 Å². The molecule has 0 radical (unpaired) electrons. The fourth-order valence-electron chi connectivity index (χ4n) is 3.78. The van der Waals surface area contributed by atoms with E-state index in [2.05, 4.69) is 10.6 Å². The van der Waals surface area contributed by atoms with E-state index in [-0.39, 0.29) is 24.3 Å². The molecule has 3 aliphatic rings. The summed E-state index contributed by atoms with van der Waals surface area (Å²) in [7, 11) is -0.655. The number of carbonyl (C=O) groups is 1. The first-order valence-corrected chi connectivity index (χ1v) is 10.0. The molecule has 7 heteroatoms. The van der Waals surface area contributed by atoms with Crippen molar-refractivity contribution in [1.29, 1.82) is 0 Å². The molecule has 6 nitrogen and oxygen atoms in total. The maximum atomic E-state index is 12.1. The Bertz CT molecular complexity index is 469. The Kier molecular flexibility index (Phi) is 4.99. The molecular formula is C16H28N2O4S. The summed E-state index contributed by atoms with van der Waals surface area (Å²) in [6.07, 6.45) is 2.67. The van der Waals surface area contributed by atoms with Gasteiger partial charge in [-0.2, -0.15) is 0 Å². The van der Waals surface area contributed by atoms with Crippen molar-refractivity contribution >= 4 is 16.9 Å². The molecule has 0 aromatic rings. The zero-order chi connectivity index (χ0) is 16.6. The number of hydrogen-bond acceptors (Lipinski definition) is 5. The Morgan fingerprint density at radius 2 is 1.87 bits per heavy atom. The van der Waals surface area contributed by atoms with Crippen LogP contribution in [0.5, 0.6) is 0 Å². The standard InChI is InChI=1S/C16H28N2O4S/c1-16(2,3)22-15(19)18-12-11-4-7-21-14(11)13(12)17-10-5-8-23(20)9-6-10/h10-14,17H,4-9H2,1-3H3,(H,18,19). The molecule has 0 bridgehead atoms. The van der Waals surface area contributed by atoms with Crippen LogP contribution in [-0.4, -0.2) is 58.2 Å². The Balaban J connectivity index is 1.57. The Hall–Kier alpha value is -0.660. The lowest BCUT2D eigenvalue weighted by atomic mass is 9.71. The first-order chi connectivity index (χ1) is 10.8. The van der Waals surface area contributed by atoms with Gasteiger partial charge in [0.05, 0.1) is 18.2 Å². The summed E-state index contributed by atoms with van der Waals surface area (Å²) in [5.74, 6) is 1.91. The van der Waals surface area contributed by atoms with Crippen LogP contribution in [0, 0.1) is 5.92 Å². The molecule has 3 rings (SSSR count). The molecule has 0 aromatic carbocycles. The minimum atomic E-state index is -0.655. The number of fused-ring (bicyclic) bond motifs is 1. The average Bonchev–Trinajstić information content (AvgIpc) is 2.87. The van der Waals surface area contributed by atoms with Crippen LogP contribution in [0.2, 0.25) is 0 Å². The highest BCUT2D eigenvalue weighted by atomic mass is 32.2. The first-order valence-electron chi connectivity index (χ1n) is 8.55. The molecule has 1 amide bonds. The SMILES string of the molecule is CC(C)(C)OC(=O)NC1C2CCOC2C1NC1CCS(=O)CC1. The van der Waals surface area contributed by atoms with Crippen LogP contribution in [0.3, 0.4) is 0 Å². The predicted molar refractivity (Wildman–Crippen MR) is 88.8 cm³/mol. The zero-order valence-corrected chi connectivity index (χ0v) is 15.0. The van der Waals surface area contributed by atoms with Crippen LogP contribution in [0.4, 0.5) is 4.79 Å². The van der Waals surface area contributed by atoms with Gasteiger partial charge >= 0.3 is 6.09 Å². The van der Waals surface area contributed by atoms with Crippen LogP contribution >= 0.6 is 0 Å². The first kappa shape index (κ1) is 17.2. The van der Waals surface area contributed by atoms with E-state index >= 15 is 0 Å². The Labute approximate surface area is 140 Å². The number of nitrogens with one attached hydrogen (secondary N) is 2. The van der Waals surface area contributed by atoms with E-state index in [9.17, 15) is 9.00 Å². The van der Waals surface area contributed by atoms with E-state index in [1.807, 2.05) is 20.8 Å². The summed E-state index contributed by atoms with van der Waals surface area (Å²) in [6, 6.07) is 0.558. The maximum absolute atomic E-state index is 12.1. The van der Waals surface area contributed by atoms with Crippen LogP contribution in [0.25, 0.3) is 0 Å². The number of hydrogen-bond donors (Lipinski definition) is 2.